The van der Waals surface area contributed by atoms with Crippen LogP contribution in [-0.2, 0) is 0 Å². The van der Waals surface area contributed by atoms with Crippen molar-refractivity contribution in [1.29, 1.82) is 0 Å². The van der Waals surface area contributed by atoms with Crippen molar-refractivity contribution in [3.8, 4) is 0 Å². The zero-order valence-corrected chi connectivity index (χ0v) is 11.0. The third-order valence-electron chi connectivity index (χ3n) is 3.86. The fourth-order valence-corrected chi connectivity index (χ4v) is 2.52. The van der Waals surface area contributed by atoms with Crippen LogP contribution in [-0.4, -0.2) is 34.1 Å². The van der Waals surface area contributed by atoms with Gasteiger partial charge in [0, 0.05) is 29.4 Å². The van der Waals surface area contributed by atoms with Crippen LogP contribution in [0, 0.1) is 5.92 Å². The first-order chi connectivity index (χ1) is 9.24. The Kier molecular flexibility index (Phi) is 3.15. The highest BCUT2D eigenvalue weighted by atomic mass is 16.2. The topological polar surface area (TPSA) is 46.1 Å². The molecule has 1 aromatic heterocycles. The number of carbonyl (C=O) groups is 1. The van der Waals surface area contributed by atoms with Gasteiger partial charge in [-0.05, 0) is 30.9 Å². The van der Waals surface area contributed by atoms with E-state index in [1.54, 1.807) is 12.4 Å². The van der Waals surface area contributed by atoms with Gasteiger partial charge in [0.15, 0.2) is 0 Å². The third-order valence-corrected chi connectivity index (χ3v) is 3.86. The molecule has 1 saturated heterocycles. The van der Waals surface area contributed by atoms with Crippen molar-refractivity contribution in [2.45, 2.75) is 19.8 Å². The molecule has 1 fully saturated rings. The van der Waals surface area contributed by atoms with Crippen LogP contribution in [0.1, 0.15) is 30.1 Å². The molecular formula is C15H17N3O. The van der Waals surface area contributed by atoms with Crippen molar-refractivity contribution in [2.24, 2.45) is 5.92 Å². The molecular weight excluding hydrogens is 238 g/mol. The number of piperidine rings is 1. The molecule has 1 amide bonds. The van der Waals surface area contributed by atoms with Gasteiger partial charge in [0.2, 0.25) is 0 Å². The molecule has 0 aliphatic carbocycles. The number of carbonyl (C=O) groups excluding carboxylic acids is 1. The number of amides is 1. The van der Waals surface area contributed by atoms with Crippen LogP contribution in [0.15, 0.2) is 30.6 Å². The number of likely N-dealkylation sites (tertiary alicyclic amines) is 1. The van der Waals surface area contributed by atoms with Crippen molar-refractivity contribution < 1.29 is 4.79 Å². The summed E-state index contributed by atoms with van der Waals surface area (Å²) in [7, 11) is 0. The van der Waals surface area contributed by atoms with E-state index in [1.165, 1.54) is 0 Å². The van der Waals surface area contributed by atoms with Crippen molar-refractivity contribution in [2.75, 3.05) is 13.1 Å². The molecule has 0 atom stereocenters. The average Bonchev–Trinajstić information content (AvgIpc) is 2.47. The number of hydrogen-bond acceptors (Lipinski definition) is 3. The fraction of sp³-hybridized carbons (Fsp3) is 0.400. The minimum absolute atomic E-state index is 0.130. The summed E-state index contributed by atoms with van der Waals surface area (Å²) in [5.74, 6) is 0.863. The maximum Gasteiger partial charge on any atom is 0.253 e. The van der Waals surface area contributed by atoms with E-state index in [2.05, 4.69) is 17.1 Å². The normalized spacial score (nSPS) is 16.8. The smallest absolute Gasteiger partial charge is 0.253 e. The second kappa shape index (κ2) is 4.96. The van der Waals surface area contributed by atoms with Crippen LogP contribution in [0.4, 0.5) is 0 Å². The molecule has 0 bridgehead atoms. The first kappa shape index (κ1) is 12.1. The highest BCUT2D eigenvalue weighted by Gasteiger charge is 2.21. The molecule has 1 aliphatic rings. The molecule has 2 aromatic rings. The third kappa shape index (κ3) is 2.43. The predicted octanol–water partition coefficient (Wildman–Crippen LogP) is 2.50. The Morgan fingerprint density at radius 2 is 1.84 bits per heavy atom. The van der Waals surface area contributed by atoms with Gasteiger partial charge in [-0.2, -0.15) is 10.2 Å². The number of hydrogen-bond donors (Lipinski definition) is 0. The Hall–Kier alpha value is -1.97. The number of fused-ring (bicyclic) bond motifs is 1. The molecule has 1 aromatic carbocycles. The summed E-state index contributed by atoms with van der Waals surface area (Å²) in [4.78, 5) is 14.4. The minimum atomic E-state index is 0.130. The highest BCUT2D eigenvalue weighted by molar-refractivity contribution is 5.98. The summed E-state index contributed by atoms with van der Waals surface area (Å²) >= 11 is 0. The SMILES string of the molecule is CC1CCN(C(=O)c2ccc3cnncc3c2)CC1. The van der Waals surface area contributed by atoms with E-state index >= 15 is 0 Å². The molecule has 4 nitrogen and oxygen atoms in total. The molecule has 0 radical (unpaired) electrons. The van der Waals surface area contributed by atoms with E-state index < -0.39 is 0 Å². The van der Waals surface area contributed by atoms with Gasteiger partial charge >= 0.3 is 0 Å². The van der Waals surface area contributed by atoms with Gasteiger partial charge in [-0.1, -0.05) is 13.0 Å². The summed E-state index contributed by atoms with van der Waals surface area (Å²) < 4.78 is 0. The highest BCUT2D eigenvalue weighted by Crippen LogP contribution is 2.20. The van der Waals surface area contributed by atoms with Gasteiger partial charge in [0.05, 0.1) is 12.4 Å². The summed E-state index contributed by atoms with van der Waals surface area (Å²) in [6.45, 7) is 3.98. The maximum atomic E-state index is 12.4. The second-order valence-corrected chi connectivity index (χ2v) is 5.31. The van der Waals surface area contributed by atoms with Crippen LogP contribution in [0.5, 0.6) is 0 Å². The molecule has 4 heteroatoms. The summed E-state index contributed by atoms with van der Waals surface area (Å²) in [5.41, 5.74) is 0.745. The molecule has 0 saturated carbocycles. The first-order valence-corrected chi connectivity index (χ1v) is 6.74. The quantitative estimate of drug-likeness (QED) is 0.786. The molecule has 0 spiro atoms. The Morgan fingerprint density at radius 1 is 1.16 bits per heavy atom. The van der Waals surface area contributed by atoms with Crippen LogP contribution >= 0.6 is 0 Å². The number of nitrogens with zero attached hydrogens (tertiary/aromatic N) is 3. The van der Waals surface area contributed by atoms with Crippen LogP contribution in [0.3, 0.4) is 0 Å². The first-order valence-electron chi connectivity index (χ1n) is 6.74. The number of benzene rings is 1. The van der Waals surface area contributed by atoms with Crippen LogP contribution in [0.2, 0.25) is 0 Å². The largest absolute Gasteiger partial charge is 0.339 e. The van der Waals surface area contributed by atoms with E-state index in [-0.39, 0.29) is 5.91 Å². The Balaban J connectivity index is 1.85. The van der Waals surface area contributed by atoms with E-state index in [9.17, 15) is 4.79 Å². The van der Waals surface area contributed by atoms with Gasteiger partial charge in [0.1, 0.15) is 0 Å². The van der Waals surface area contributed by atoms with E-state index in [0.29, 0.717) is 0 Å². The summed E-state index contributed by atoms with van der Waals surface area (Å²) in [5, 5.41) is 9.68. The molecule has 3 rings (SSSR count). The molecule has 2 heterocycles. The maximum absolute atomic E-state index is 12.4. The van der Waals surface area contributed by atoms with Crippen molar-refractivity contribution in [1.82, 2.24) is 15.1 Å². The van der Waals surface area contributed by atoms with Crippen LogP contribution < -0.4 is 0 Å². The van der Waals surface area contributed by atoms with E-state index in [1.807, 2.05) is 23.1 Å². The van der Waals surface area contributed by atoms with E-state index in [4.69, 9.17) is 0 Å². The average molecular weight is 255 g/mol. The Labute approximate surface area is 112 Å². The Morgan fingerprint density at radius 3 is 2.58 bits per heavy atom. The zero-order valence-electron chi connectivity index (χ0n) is 11.0. The van der Waals surface area contributed by atoms with Crippen molar-refractivity contribution in [3.63, 3.8) is 0 Å². The monoisotopic (exact) mass is 255 g/mol. The van der Waals surface area contributed by atoms with Crippen LogP contribution in [0.25, 0.3) is 10.8 Å². The van der Waals surface area contributed by atoms with Gasteiger partial charge in [-0.15, -0.1) is 0 Å². The lowest BCUT2D eigenvalue weighted by molar-refractivity contribution is 0.0697. The van der Waals surface area contributed by atoms with Gasteiger partial charge in [0.25, 0.3) is 5.91 Å². The molecule has 1 aliphatic heterocycles. The van der Waals surface area contributed by atoms with Gasteiger partial charge in [-0.25, -0.2) is 0 Å². The minimum Gasteiger partial charge on any atom is -0.339 e. The molecule has 19 heavy (non-hydrogen) atoms. The lowest BCUT2D eigenvalue weighted by Gasteiger charge is -2.30. The summed E-state index contributed by atoms with van der Waals surface area (Å²) in [6, 6.07) is 5.72. The lowest BCUT2D eigenvalue weighted by atomic mass is 9.98. The van der Waals surface area contributed by atoms with Gasteiger partial charge in [-0.3, -0.25) is 4.79 Å². The zero-order chi connectivity index (χ0) is 13.2. The standard InChI is InChI=1S/C15H17N3O/c1-11-4-6-18(7-5-11)15(19)12-2-3-13-9-16-17-10-14(13)8-12/h2-3,8-11H,4-7H2,1H3. The predicted molar refractivity (Wildman–Crippen MR) is 73.8 cm³/mol. The van der Waals surface area contributed by atoms with Gasteiger partial charge < -0.3 is 4.90 Å². The molecule has 98 valence electrons. The fourth-order valence-electron chi connectivity index (χ4n) is 2.52. The Bertz CT molecular complexity index is 603. The van der Waals surface area contributed by atoms with Crippen molar-refractivity contribution >= 4 is 16.7 Å². The number of rotatable bonds is 1. The molecule has 0 N–H and O–H groups in total. The molecule has 0 unspecified atom stereocenters. The lowest BCUT2D eigenvalue weighted by Crippen LogP contribution is -2.37. The van der Waals surface area contributed by atoms with E-state index in [0.717, 1.165) is 48.2 Å². The second-order valence-electron chi connectivity index (χ2n) is 5.31. The summed E-state index contributed by atoms with van der Waals surface area (Å²) in [6.07, 6.45) is 5.62. The van der Waals surface area contributed by atoms with Crippen molar-refractivity contribution in [3.05, 3.63) is 36.2 Å². The number of aromatic nitrogens is 2.